The van der Waals surface area contributed by atoms with Crippen molar-refractivity contribution in [2.24, 2.45) is 5.16 Å². The van der Waals surface area contributed by atoms with Crippen LogP contribution in [-0.4, -0.2) is 21.5 Å². The van der Waals surface area contributed by atoms with Crippen LogP contribution in [0.5, 0.6) is 0 Å². The quantitative estimate of drug-likeness (QED) is 0.344. The van der Waals surface area contributed by atoms with Gasteiger partial charge in [0.15, 0.2) is 5.60 Å². The molecule has 5 nitrogen and oxygen atoms in total. The highest BCUT2D eigenvalue weighted by Gasteiger charge is 2.37. The maximum Gasteiger partial charge on any atom is 0.220 e. The molecule has 2 aromatic carbocycles. The molecule has 1 aliphatic heterocycles. The summed E-state index contributed by atoms with van der Waals surface area (Å²) in [6, 6.07) is 17.1. The zero-order chi connectivity index (χ0) is 23.6. The summed E-state index contributed by atoms with van der Waals surface area (Å²) in [5.74, 6) is -0.0128. The Kier molecular flexibility index (Phi) is 7.07. The van der Waals surface area contributed by atoms with Gasteiger partial charge in [0.05, 0.1) is 18.0 Å². The molecule has 4 rings (SSSR count). The number of benzene rings is 2. The van der Waals surface area contributed by atoms with Crippen LogP contribution in [0.4, 0.5) is 0 Å². The summed E-state index contributed by atoms with van der Waals surface area (Å²) in [7, 11) is 0. The maximum absolute atomic E-state index is 12.2. The first kappa shape index (κ1) is 23.7. The lowest BCUT2D eigenvalue weighted by atomic mass is 9.89. The molecular weight excluding hydrogens is 525 g/mol. The van der Waals surface area contributed by atoms with Gasteiger partial charge in [0.25, 0.3) is 0 Å². The second-order valence-corrected chi connectivity index (χ2v) is 9.92. The molecule has 1 aromatic heterocycles. The monoisotopic (exact) mass is 545 g/mol. The molecule has 1 amide bonds. The standard InChI is InChI=1S/C25H22BrCl2N3O2/c1-16(32)31(15-22-5-3-4-8-29-22)14-18-7-6-17(9-23(18)26)24-13-25(2,33-30-24)19-10-20(27)12-21(28)11-19/h3-12H,13-15H2,1-2H3. The van der Waals surface area contributed by atoms with E-state index >= 15 is 0 Å². The molecule has 0 bridgehead atoms. The molecule has 33 heavy (non-hydrogen) atoms. The van der Waals surface area contributed by atoms with E-state index in [9.17, 15) is 4.79 Å². The maximum atomic E-state index is 12.2. The third kappa shape index (κ3) is 5.57. The van der Waals surface area contributed by atoms with Crippen molar-refractivity contribution in [1.29, 1.82) is 0 Å². The second kappa shape index (κ2) is 9.84. The summed E-state index contributed by atoms with van der Waals surface area (Å²) in [6.45, 7) is 4.45. The van der Waals surface area contributed by atoms with Crippen LogP contribution in [0, 0.1) is 0 Å². The average molecular weight is 547 g/mol. The summed E-state index contributed by atoms with van der Waals surface area (Å²) in [4.78, 5) is 24.1. The van der Waals surface area contributed by atoms with Crippen molar-refractivity contribution in [3.8, 4) is 0 Å². The van der Waals surface area contributed by atoms with Crippen molar-refractivity contribution >= 4 is 50.8 Å². The van der Waals surface area contributed by atoms with E-state index in [1.165, 1.54) is 0 Å². The van der Waals surface area contributed by atoms with Crippen LogP contribution < -0.4 is 0 Å². The minimum absolute atomic E-state index is 0.0128. The molecule has 0 fully saturated rings. The fourth-order valence-corrected chi connectivity index (χ4v) is 4.77. The lowest BCUT2D eigenvalue weighted by molar-refractivity contribution is -0.130. The smallest absolute Gasteiger partial charge is 0.220 e. The number of hydrogen-bond donors (Lipinski definition) is 0. The lowest BCUT2D eigenvalue weighted by Gasteiger charge is -2.23. The van der Waals surface area contributed by atoms with Crippen LogP contribution in [0.1, 0.15) is 42.7 Å². The van der Waals surface area contributed by atoms with Crippen molar-refractivity contribution in [2.45, 2.75) is 39.0 Å². The lowest BCUT2D eigenvalue weighted by Crippen LogP contribution is -2.28. The molecule has 0 saturated heterocycles. The summed E-state index contributed by atoms with van der Waals surface area (Å²) in [6.07, 6.45) is 2.31. The summed E-state index contributed by atoms with van der Waals surface area (Å²) < 4.78 is 0.898. The van der Waals surface area contributed by atoms with Gasteiger partial charge in [-0.2, -0.15) is 0 Å². The van der Waals surface area contributed by atoms with Gasteiger partial charge in [-0.15, -0.1) is 0 Å². The van der Waals surface area contributed by atoms with Crippen LogP contribution >= 0.6 is 39.1 Å². The highest BCUT2D eigenvalue weighted by Crippen LogP contribution is 2.38. The second-order valence-electron chi connectivity index (χ2n) is 8.20. The van der Waals surface area contributed by atoms with Gasteiger partial charge in [-0.3, -0.25) is 9.78 Å². The van der Waals surface area contributed by atoms with Gasteiger partial charge in [0.2, 0.25) is 5.91 Å². The van der Waals surface area contributed by atoms with Gasteiger partial charge in [0.1, 0.15) is 0 Å². The Morgan fingerprint density at radius 2 is 1.88 bits per heavy atom. The van der Waals surface area contributed by atoms with E-state index in [2.05, 4.69) is 26.1 Å². The number of halogens is 3. The Hall–Kier alpha value is -2.41. The summed E-state index contributed by atoms with van der Waals surface area (Å²) >= 11 is 16.0. The van der Waals surface area contributed by atoms with E-state index in [4.69, 9.17) is 28.0 Å². The SMILES string of the molecule is CC(=O)N(Cc1ccccn1)Cc1ccc(C2=NOC(C)(c3cc(Cl)cc(Cl)c3)C2)cc1Br. The third-order valence-corrected chi connectivity index (χ3v) is 6.78. The molecule has 0 radical (unpaired) electrons. The Morgan fingerprint density at radius 3 is 2.52 bits per heavy atom. The van der Waals surface area contributed by atoms with Crippen molar-refractivity contribution in [3.05, 3.63) is 97.7 Å². The zero-order valence-electron chi connectivity index (χ0n) is 18.2. The molecule has 1 aliphatic rings. The van der Waals surface area contributed by atoms with Gasteiger partial charge in [0, 0.05) is 51.7 Å². The normalized spacial score (nSPS) is 17.4. The molecule has 0 saturated carbocycles. The molecule has 170 valence electrons. The van der Waals surface area contributed by atoms with Gasteiger partial charge < -0.3 is 9.74 Å². The Bertz CT molecular complexity index is 1200. The Labute approximate surface area is 211 Å². The van der Waals surface area contributed by atoms with E-state index < -0.39 is 5.60 Å². The largest absolute Gasteiger partial charge is 0.384 e. The number of amides is 1. The number of pyridine rings is 1. The number of nitrogens with zero attached hydrogens (tertiary/aromatic N) is 3. The molecule has 0 N–H and O–H groups in total. The van der Waals surface area contributed by atoms with Crippen LogP contribution in [0.15, 0.2) is 70.4 Å². The fraction of sp³-hybridized carbons (Fsp3) is 0.240. The molecule has 1 unspecified atom stereocenters. The topological polar surface area (TPSA) is 54.8 Å². The third-order valence-electron chi connectivity index (χ3n) is 5.61. The highest BCUT2D eigenvalue weighted by molar-refractivity contribution is 9.10. The van der Waals surface area contributed by atoms with Crippen LogP contribution in [0.25, 0.3) is 0 Å². The number of carbonyl (C=O) groups is 1. The van der Waals surface area contributed by atoms with Crippen LogP contribution in [-0.2, 0) is 28.3 Å². The number of aromatic nitrogens is 1. The molecule has 1 atom stereocenters. The predicted molar refractivity (Wildman–Crippen MR) is 134 cm³/mol. The van der Waals surface area contributed by atoms with Gasteiger partial charge >= 0.3 is 0 Å². The van der Waals surface area contributed by atoms with E-state index in [0.717, 1.165) is 32.6 Å². The van der Waals surface area contributed by atoms with Crippen molar-refractivity contribution in [2.75, 3.05) is 0 Å². The predicted octanol–water partition coefficient (Wildman–Crippen LogP) is 6.74. The van der Waals surface area contributed by atoms with Crippen LogP contribution in [0.2, 0.25) is 10.0 Å². The minimum atomic E-state index is -0.650. The Morgan fingerprint density at radius 1 is 1.12 bits per heavy atom. The van der Waals surface area contributed by atoms with Gasteiger partial charge in [-0.05, 0) is 48.9 Å². The van der Waals surface area contributed by atoms with E-state index in [1.54, 1.807) is 24.1 Å². The first-order valence-corrected chi connectivity index (χ1v) is 11.9. The van der Waals surface area contributed by atoms with Crippen molar-refractivity contribution in [3.63, 3.8) is 0 Å². The van der Waals surface area contributed by atoms with E-state index in [-0.39, 0.29) is 5.91 Å². The highest BCUT2D eigenvalue weighted by atomic mass is 79.9. The molecule has 3 aromatic rings. The summed E-state index contributed by atoms with van der Waals surface area (Å²) in [5.41, 5.74) is 3.84. The van der Waals surface area contributed by atoms with Crippen molar-refractivity contribution < 1.29 is 9.63 Å². The first-order chi connectivity index (χ1) is 15.7. The number of oxime groups is 1. The van der Waals surface area contributed by atoms with E-state index in [0.29, 0.717) is 29.6 Å². The number of carbonyl (C=O) groups excluding carboxylic acids is 1. The van der Waals surface area contributed by atoms with E-state index in [1.807, 2.05) is 55.5 Å². The van der Waals surface area contributed by atoms with Gasteiger partial charge in [-0.1, -0.05) is 62.5 Å². The van der Waals surface area contributed by atoms with Crippen LogP contribution in [0.3, 0.4) is 0 Å². The van der Waals surface area contributed by atoms with Crippen molar-refractivity contribution in [1.82, 2.24) is 9.88 Å². The fourth-order valence-electron chi connectivity index (χ4n) is 3.74. The summed E-state index contributed by atoms with van der Waals surface area (Å²) in [5, 5.41) is 5.47. The zero-order valence-corrected chi connectivity index (χ0v) is 21.3. The minimum Gasteiger partial charge on any atom is -0.384 e. The average Bonchev–Trinajstić information content (AvgIpc) is 3.18. The Balaban J connectivity index is 1.50. The molecule has 0 spiro atoms. The first-order valence-electron chi connectivity index (χ1n) is 10.4. The molecule has 2 heterocycles. The number of hydrogen-bond acceptors (Lipinski definition) is 4. The number of rotatable bonds is 6. The molecule has 0 aliphatic carbocycles. The molecular formula is C25H22BrCl2N3O2. The van der Waals surface area contributed by atoms with Gasteiger partial charge in [-0.25, -0.2) is 0 Å². The molecule has 8 heteroatoms.